The zero-order valence-corrected chi connectivity index (χ0v) is 16.9. The molecule has 0 bridgehead atoms. The number of ether oxygens (including phenoxy) is 1. The quantitative estimate of drug-likeness (QED) is 0.638. The van der Waals surface area contributed by atoms with Gasteiger partial charge in [-0.3, -0.25) is 9.59 Å². The van der Waals surface area contributed by atoms with Crippen LogP contribution in [0, 0.1) is 5.41 Å². The van der Waals surface area contributed by atoms with Crippen molar-refractivity contribution < 1.29 is 14.3 Å². The molecule has 0 unspecified atom stereocenters. The number of para-hydroxylation sites is 1. The number of amides is 2. The molecule has 0 atom stereocenters. The van der Waals surface area contributed by atoms with Crippen LogP contribution in [0.3, 0.4) is 0 Å². The molecule has 3 rings (SSSR count). The third-order valence-corrected chi connectivity index (χ3v) is 4.84. The first kappa shape index (κ1) is 19.8. The maximum Gasteiger partial charge on any atom is 0.227 e. The minimum atomic E-state index is -0.469. The number of hydrogen-bond acceptors (Lipinski definition) is 5. The lowest BCUT2D eigenvalue weighted by Gasteiger charge is -2.17. The topological polar surface area (TPSA) is 80.3 Å². The van der Waals surface area contributed by atoms with Gasteiger partial charge in [-0.2, -0.15) is 0 Å². The van der Waals surface area contributed by atoms with Crippen LogP contribution in [0.15, 0.2) is 48.5 Å². The number of nitrogens with zero attached hydrogens (tertiary/aromatic N) is 1. The van der Waals surface area contributed by atoms with Crippen LogP contribution in [0.4, 0.5) is 5.13 Å². The van der Waals surface area contributed by atoms with Crippen molar-refractivity contribution in [3.63, 3.8) is 0 Å². The van der Waals surface area contributed by atoms with Crippen LogP contribution in [0.5, 0.6) is 11.5 Å². The van der Waals surface area contributed by atoms with Gasteiger partial charge in [0.15, 0.2) is 5.13 Å². The van der Waals surface area contributed by atoms with Gasteiger partial charge in [-0.05, 0) is 24.3 Å². The van der Waals surface area contributed by atoms with Crippen molar-refractivity contribution in [3.8, 4) is 11.5 Å². The van der Waals surface area contributed by atoms with E-state index in [2.05, 4.69) is 15.6 Å². The molecule has 0 saturated carbocycles. The fourth-order valence-corrected chi connectivity index (χ4v) is 3.29. The standard InChI is InChI=1S/C21H23N3O3S/c1-21(2,3)19(26)22-12-11-18(25)24-20-23-16-10-9-15(13-17(16)28-20)27-14-7-5-4-6-8-14/h4-10,13H,11-12H2,1-3H3,(H,22,26)(H,23,24,25). The van der Waals surface area contributed by atoms with Crippen LogP contribution in [0.2, 0.25) is 0 Å². The highest BCUT2D eigenvalue weighted by atomic mass is 32.1. The highest BCUT2D eigenvalue weighted by Gasteiger charge is 2.20. The van der Waals surface area contributed by atoms with Crippen LogP contribution < -0.4 is 15.4 Å². The van der Waals surface area contributed by atoms with Gasteiger partial charge in [0.05, 0.1) is 10.2 Å². The number of rotatable bonds is 6. The normalized spacial score (nSPS) is 11.2. The predicted octanol–water partition coefficient (Wildman–Crippen LogP) is 4.58. The molecule has 2 N–H and O–H groups in total. The van der Waals surface area contributed by atoms with Crippen LogP contribution in [-0.4, -0.2) is 23.3 Å². The van der Waals surface area contributed by atoms with Gasteiger partial charge in [0.1, 0.15) is 11.5 Å². The Bertz CT molecular complexity index is 977. The Kier molecular flexibility index (Phi) is 5.94. The number of benzene rings is 2. The molecule has 0 spiro atoms. The lowest BCUT2D eigenvalue weighted by Crippen LogP contribution is -2.36. The monoisotopic (exact) mass is 397 g/mol. The fourth-order valence-electron chi connectivity index (χ4n) is 2.38. The summed E-state index contributed by atoms with van der Waals surface area (Å²) in [6.07, 6.45) is 0.195. The zero-order chi connectivity index (χ0) is 20.1. The number of carbonyl (C=O) groups is 2. The molecule has 0 saturated heterocycles. The van der Waals surface area contributed by atoms with E-state index in [0.717, 1.165) is 16.0 Å². The Morgan fingerprint density at radius 2 is 1.82 bits per heavy atom. The van der Waals surface area contributed by atoms with E-state index in [1.807, 2.05) is 69.3 Å². The molecule has 0 aliphatic rings. The molecule has 0 aliphatic carbocycles. The number of anilines is 1. The van der Waals surface area contributed by atoms with E-state index in [0.29, 0.717) is 17.4 Å². The van der Waals surface area contributed by atoms with Crippen LogP contribution in [0.25, 0.3) is 10.2 Å². The van der Waals surface area contributed by atoms with Gasteiger partial charge in [-0.1, -0.05) is 50.3 Å². The summed E-state index contributed by atoms with van der Waals surface area (Å²) in [6.45, 7) is 5.79. The molecule has 0 radical (unpaired) electrons. The molecule has 3 aromatic rings. The van der Waals surface area contributed by atoms with Gasteiger partial charge in [-0.25, -0.2) is 4.98 Å². The highest BCUT2D eigenvalue weighted by Crippen LogP contribution is 2.31. The minimum absolute atomic E-state index is 0.0776. The Labute approximate surface area is 167 Å². The Morgan fingerprint density at radius 1 is 1.07 bits per heavy atom. The van der Waals surface area contributed by atoms with E-state index in [4.69, 9.17) is 4.74 Å². The lowest BCUT2D eigenvalue weighted by molar-refractivity contribution is -0.128. The van der Waals surface area contributed by atoms with E-state index < -0.39 is 5.41 Å². The molecule has 7 heteroatoms. The second-order valence-corrected chi connectivity index (χ2v) is 8.40. The Hall–Kier alpha value is -2.93. The van der Waals surface area contributed by atoms with Gasteiger partial charge < -0.3 is 15.4 Å². The molecule has 1 heterocycles. The summed E-state index contributed by atoms with van der Waals surface area (Å²) in [7, 11) is 0. The van der Waals surface area contributed by atoms with E-state index >= 15 is 0 Å². The molecule has 0 aliphatic heterocycles. The smallest absolute Gasteiger partial charge is 0.227 e. The summed E-state index contributed by atoms with van der Waals surface area (Å²) in [6, 6.07) is 15.2. The van der Waals surface area contributed by atoms with Crippen molar-refractivity contribution in [3.05, 3.63) is 48.5 Å². The number of aromatic nitrogens is 1. The number of hydrogen-bond donors (Lipinski definition) is 2. The average molecular weight is 398 g/mol. The van der Waals surface area contributed by atoms with Crippen LogP contribution in [0.1, 0.15) is 27.2 Å². The van der Waals surface area contributed by atoms with Crippen molar-refractivity contribution in [1.82, 2.24) is 10.3 Å². The first-order valence-corrected chi connectivity index (χ1v) is 9.84. The van der Waals surface area contributed by atoms with E-state index in [1.54, 1.807) is 0 Å². The Morgan fingerprint density at radius 3 is 2.54 bits per heavy atom. The highest BCUT2D eigenvalue weighted by molar-refractivity contribution is 7.22. The number of fused-ring (bicyclic) bond motifs is 1. The summed E-state index contributed by atoms with van der Waals surface area (Å²) in [5.41, 5.74) is 0.324. The van der Waals surface area contributed by atoms with Gasteiger partial charge in [0.2, 0.25) is 11.8 Å². The summed E-state index contributed by atoms with van der Waals surface area (Å²) >= 11 is 1.38. The number of thiazole rings is 1. The van der Waals surface area contributed by atoms with Crippen molar-refractivity contribution in [2.45, 2.75) is 27.2 Å². The maximum absolute atomic E-state index is 12.1. The lowest BCUT2D eigenvalue weighted by atomic mass is 9.96. The van der Waals surface area contributed by atoms with Crippen LogP contribution >= 0.6 is 11.3 Å². The molecular weight excluding hydrogens is 374 g/mol. The van der Waals surface area contributed by atoms with Gasteiger partial charge in [0, 0.05) is 24.4 Å². The second kappa shape index (κ2) is 8.39. The molecule has 1 aromatic heterocycles. The summed E-state index contributed by atoms with van der Waals surface area (Å²) in [4.78, 5) is 28.4. The largest absolute Gasteiger partial charge is 0.457 e. The van der Waals surface area contributed by atoms with Crippen molar-refractivity contribution in [2.24, 2.45) is 5.41 Å². The van der Waals surface area contributed by atoms with Crippen molar-refractivity contribution in [2.75, 3.05) is 11.9 Å². The first-order valence-electron chi connectivity index (χ1n) is 9.03. The molecule has 6 nitrogen and oxygen atoms in total. The first-order chi connectivity index (χ1) is 13.3. The fraction of sp³-hybridized carbons (Fsp3) is 0.286. The predicted molar refractivity (Wildman–Crippen MR) is 112 cm³/mol. The number of nitrogens with one attached hydrogen (secondary N) is 2. The van der Waals surface area contributed by atoms with E-state index in [-0.39, 0.29) is 18.2 Å². The summed E-state index contributed by atoms with van der Waals surface area (Å²) < 4.78 is 6.75. The van der Waals surface area contributed by atoms with Crippen molar-refractivity contribution in [1.29, 1.82) is 0 Å². The summed E-state index contributed by atoms with van der Waals surface area (Å²) in [5, 5.41) is 6.08. The van der Waals surface area contributed by atoms with Crippen molar-refractivity contribution >= 4 is 38.5 Å². The molecule has 28 heavy (non-hydrogen) atoms. The van der Waals surface area contributed by atoms with E-state index in [1.165, 1.54) is 11.3 Å². The molecular formula is C21H23N3O3S. The third-order valence-electron chi connectivity index (χ3n) is 3.90. The summed E-state index contributed by atoms with van der Waals surface area (Å²) in [5.74, 6) is 1.21. The third kappa shape index (κ3) is 5.29. The van der Waals surface area contributed by atoms with Gasteiger partial charge in [0.25, 0.3) is 0 Å². The SMILES string of the molecule is CC(C)(C)C(=O)NCCC(=O)Nc1nc2ccc(Oc3ccccc3)cc2s1. The van der Waals surface area contributed by atoms with E-state index in [9.17, 15) is 9.59 Å². The molecule has 0 fully saturated rings. The van der Waals surface area contributed by atoms with Gasteiger partial charge in [-0.15, -0.1) is 0 Å². The minimum Gasteiger partial charge on any atom is -0.457 e. The second-order valence-electron chi connectivity index (χ2n) is 7.37. The number of carbonyl (C=O) groups excluding carboxylic acids is 2. The molecule has 2 amide bonds. The average Bonchev–Trinajstić information content (AvgIpc) is 3.03. The maximum atomic E-state index is 12.1. The van der Waals surface area contributed by atoms with Crippen LogP contribution in [-0.2, 0) is 9.59 Å². The zero-order valence-electron chi connectivity index (χ0n) is 16.1. The Balaban J connectivity index is 1.58. The molecule has 146 valence electrons. The van der Waals surface area contributed by atoms with Gasteiger partial charge >= 0.3 is 0 Å². The molecule has 2 aromatic carbocycles.